The van der Waals surface area contributed by atoms with E-state index in [1.165, 1.54) is 0 Å². The highest BCUT2D eigenvalue weighted by Gasteiger charge is 2.25. The Labute approximate surface area is 128 Å². The van der Waals surface area contributed by atoms with Crippen molar-refractivity contribution in [2.75, 3.05) is 11.4 Å². The van der Waals surface area contributed by atoms with Gasteiger partial charge in [-0.3, -0.25) is 9.59 Å². The summed E-state index contributed by atoms with van der Waals surface area (Å²) in [6, 6.07) is 5.70. The van der Waals surface area contributed by atoms with Crippen LogP contribution >= 0.6 is 15.9 Å². The first-order valence-electron chi connectivity index (χ1n) is 7.20. The Kier molecular flexibility index (Phi) is 4.97. The second kappa shape index (κ2) is 6.53. The molecule has 0 aliphatic carbocycles. The lowest BCUT2D eigenvalue weighted by atomic mass is 10.0. The molecule has 1 unspecified atom stereocenters. The van der Waals surface area contributed by atoms with E-state index in [1.807, 2.05) is 36.9 Å². The van der Waals surface area contributed by atoms with Crippen LogP contribution in [0, 0.1) is 0 Å². The molecule has 1 aliphatic rings. The summed E-state index contributed by atoms with van der Waals surface area (Å²) in [5, 5.41) is 0. The fraction of sp³-hybridized carbons (Fsp3) is 0.500. The molecule has 0 saturated carbocycles. The van der Waals surface area contributed by atoms with E-state index in [4.69, 9.17) is 0 Å². The third-order valence-corrected chi connectivity index (χ3v) is 4.73. The molecule has 1 atom stereocenters. The number of ketones is 1. The zero-order chi connectivity index (χ0) is 14.7. The molecule has 1 amide bonds. The van der Waals surface area contributed by atoms with Crippen molar-refractivity contribution in [3.63, 3.8) is 0 Å². The van der Waals surface area contributed by atoms with Crippen LogP contribution in [0.4, 0.5) is 5.69 Å². The molecule has 3 nitrogen and oxygen atoms in total. The highest BCUT2D eigenvalue weighted by atomic mass is 79.9. The molecule has 108 valence electrons. The molecule has 1 aliphatic heterocycles. The van der Waals surface area contributed by atoms with Crippen molar-refractivity contribution in [2.24, 2.45) is 0 Å². The van der Waals surface area contributed by atoms with E-state index in [-0.39, 0.29) is 16.5 Å². The molecule has 0 fully saturated rings. The summed E-state index contributed by atoms with van der Waals surface area (Å²) in [6.07, 6.45) is 3.06. The van der Waals surface area contributed by atoms with Gasteiger partial charge in [0.2, 0.25) is 5.91 Å². The number of hydrogen-bond donors (Lipinski definition) is 0. The SMILES string of the molecule is CCCC(=O)N1CCc2cc(C(=O)C(Br)CC)ccc21. The molecule has 0 N–H and O–H groups in total. The van der Waals surface area contributed by atoms with Crippen LogP contribution in [0.15, 0.2) is 18.2 Å². The first-order chi connectivity index (χ1) is 9.58. The fourth-order valence-corrected chi connectivity index (χ4v) is 2.79. The summed E-state index contributed by atoms with van der Waals surface area (Å²) >= 11 is 3.40. The van der Waals surface area contributed by atoms with Crippen LogP contribution in [-0.2, 0) is 11.2 Å². The first kappa shape index (κ1) is 15.2. The van der Waals surface area contributed by atoms with Gasteiger partial charge in [0.05, 0.1) is 4.83 Å². The molecule has 0 aromatic heterocycles. The Bertz CT molecular complexity index is 527. The summed E-state index contributed by atoms with van der Waals surface area (Å²) < 4.78 is 0. The topological polar surface area (TPSA) is 37.4 Å². The lowest BCUT2D eigenvalue weighted by molar-refractivity contribution is -0.118. The number of halogens is 1. The van der Waals surface area contributed by atoms with Crippen LogP contribution < -0.4 is 4.90 Å². The minimum atomic E-state index is -0.125. The minimum Gasteiger partial charge on any atom is -0.312 e. The molecule has 0 saturated heterocycles. The summed E-state index contributed by atoms with van der Waals surface area (Å²) in [5.41, 5.74) is 2.82. The van der Waals surface area contributed by atoms with Crippen molar-refractivity contribution in [3.8, 4) is 0 Å². The Morgan fingerprint density at radius 2 is 2.10 bits per heavy atom. The third kappa shape index (κ3) is 2.95. The Balaban J connectivity index is 2.22. The van der Waals surface area contributed by atoms with E-state index in [2.05, 4.69) is 15.9 Å². The maximum Gasteiger partial charge on any atom is 0.226 e. The fourth-order valence-electron chi connectivity index (χ4n) is 2.53. The summed E-state index contributed by atoms with van der Waals surface area (Å²) in [4.78, 5) is 25.9. The van der Waals surface area contributed by atoms with Crippen LogP contribution in [0.3, 0.4) is 0 Å². The molecule has 0 radical (unpaired) electrons. The van der Waals surface area contributed by atoms with E-state index in [0.29, 0.717) is 6.42 Å². The average Bonchev–Trinajstić information content (AvgIpc) is 2.88. The number of amides is 1. The van der Waals surface area contributed by atoms with E-state index >= 15 is 0 Å². The standard InChI is InChI=1S/C16H20BrNO2/c1-3-5-15(19)18-9-8-11-10-12(6-7-14(11)18)16(20)13(17)4-2/h6-7,10,13H,3-5,8-9H2,1-2H3. The number of alkyl halides is 1. The van der Waals surface area contributed by atoms with Crippen molar-refractivity contribution >= 4 is 33.3 Å². The highest BCUT2D eigenvalue weighted by molar-refractivity contribution is 9.10. The van der Waals surface area contributed by atoms with Gasteiger partial charge in [-0.05, 0) is 43.0 Å². The number of rotatable bonds is 5. The van der Waals surface area contributed by atoms with Crippen LogP contribution in [0.5, 0.6) is 0 Å². The molecule has 2 rings (SSSR count). The molecule has 4 heteroatoms. The molecule has 0 bridgehead atoms. The molecular weight excluding hydrogens is 318 g/mol. The zero-order valence-corrected chi connectivity index (χ0v) is 13.6. The van der Waals surface area contributed by atoms with E-state index in [9.17, 15) is 9.59 Å². The zero-order valence-electron chi connectivity index (χ0n) is 12.0. The lowest BCUT2D eigenvalue weighted by Gasteiger charge is -2.17. The second-order valence-corrected chi connectivity index (χ2v) is 6.23. The summed E-state index contributed by atoms with van der Waals surface area (Å²) in [5.74, 6) is 0.297. The third-order valence-electron chi connectivity index (χ3n) is 3.67. The monoisotopic (exact) mass is 337 g/mol. The molecular formula is C16H20BrNO2. The quantitative estimate of drug-likeness (QED) is 0.606. The number of Topliss-reactive ketones (excluding diaryl/α,β-unsaturated/α-hetero) is 1. The smallest absolute Gasteiger partial charge is 0.226 e. The van der Waals surface area contributed by atoms with Gasteiger partial charge in [0.25, 0.3) is 0 Å². The number of nitrogens with zero attached hydrogens (tertiary/aromatic N) is 1. The molecule has 1 aromatic carbocycles. The second-order valence-electron chi connectivity index (χ2n) is 5.13. The van der Waals surface area contributed by atoms with E-state index in [1.54, 1.807) is 0 Å². The number of fused-ring (bicyclic) bond motifs is 1. The molecule has 1 heterocycles. The van der Waals surface area contributed by atoms with Gasteiger partial charge in [-0.1, -0.05) is 29.8 Å². The van der Waals surface area contributed by atoms with Gasteiger partial charge in [0.15, 0.2) is 5.78 Å². The maximum atomic E-state index is 12.2. The van der Waals surface area contributed by atoms with Gasteiger partial charge >= 0.3 is 0 Å². The van der Waals surface area contributed by atoms with Crippen molar-refractivity contribution < 1.29 is 9.59 Å². The lowest BCUT2D eigenvalue weighted by Crippen LogP contribution is -2.28. The predicted octanol–water partition coefficient (Wildman–Crippen LogP) is 3.73. The van der Waals surface area contributed by atoms with Gasteiger partial charge in [0.1, 0.15) is 0 Å². The largest absolute Gasteiger partial charge is 0.312 e. The number of benzene rings is 1. The number of hydrogen-bond acceptors (Lipinski definition) is 2. The Morgan fingerprint density at radius 3 is 2.75 bits per heavy atom. The molecule has 1 aromatic rings. The normalized spacial score (nSPS) is 15.1. The van der Waals surface area contributed by atoms with Gasteiger partial charge < -0.3 is 4.90 Å². The summed E-state index contributed by atoms with van der Waals surface area (Å²) in [6.45, 7) is 4.73. The first-order valence-corrected chi connectivity index (χ1v) is 8.11. The van der Waals surface area contributed by atoms with E-state index in [0.717, 1.165) is 42.6 Å². The average molecular weight is 338 g/mol. The minimum absolute atomic E-state index is 0.119. The van der Waals surface area contributed by atoms with Crippen molar-refractivity contribution in [3.05, 3.63) is 29.3 Å². The van der Waals surface area contributed by atoms with Crippen molar-refractivity contribution in [2.45, 2.75) is 44.4 Å². The van der Waals surface area contributed by atoms with Gasteiger partial charge in [-0.15, -0.1) is 0 Å². The Morgan fingerprint density at radius 1 is 1.35 bits per heavy atom. The predicted molar refractivity (Wildman–Crippen MR) is 84.7 cm³/mol. The van der Waals surface area contributed by atoms with Gasteiger partial charge in [-0.25, -0.2) is 0 Å². The number of anilines is 1. The molecule has 0 spiro atoms. The highest BCUT2D eigenvalue weighted by Crippen LogP contribution is 2.30. The molecule has 20 heavy (non-hydrogen) atoms. The van der Waals surface area contributed by atoms with Crippen LogP contribution in [0.25, 0.3) is 0 Å². The van der Waals surface area contributed by atoms with Crippen LogP contribution in [-0.4, -0.2) is 23.1 Å². The Hall–Kier alpha value is -1.16. The number of carbonyl (C=O) groups excluding carboxylic acids is 2. The van der Waals surface area contributed by atoms with Crippen molar-refractivity contribution in [1.29, 1.82) is 0 Å². The van der Waals surface area contributed by atoms with Crippen molar-refractivity contribution in [1.82, 2.24) is 0 Å². The maximum absolute atomic E-state index is 12.2. The van der Waals surface area contributed by atoms with Crippen LogP contribution in [0.1, 0.15) is 49.0 Å². The van der Waals surface area contributed by atoms with Gasteiger partial charge in [-0.2, -0.15) is 0 Å². The van der Waals surface area contributed by atoms with E-state index < -0.39 is 0 Å². The summed E-state index contributed by atoms with van der Waals surface area (Å²) in [7, 11) is 0. The van der Waals surface area contributed by atoms with Gasteiger partial charge in [0, 0.05) is 24.2 Å². The van der Waals surface area contributed by atoms with Crippen LogP contribution in [0.2, 0.25) is 0 Å². The number of carbonyl (C=O) groups is 2.